The number of anilines is 1. The van der Waals surface area contributed by atoms with Crippen LogP contribution in [-0.2, 0) is 14.3 Å². The van der Waals surface area contributed by atoms with Crippen LogP contribution in [-0.4, -0.2) is 38.2 Å². The third kappa shape index (κ3) is 5.82. The first-order chi connectivity index (χ1) is 15.8. The van der Waals surface area contributed by atoms with E-state index in [1.165, 1.54) is 7.11 Å². The molecule has 3 rings (SSSR count). The number of aryl methyl sites for hydroxylation is 1. The number of nitrogens with one attached hydrogen (secondary N) is 3. The lowest BCUT2D eigenvalue weighted by molar-refractivity contribution is -0.139. The smallest absolute Gasteiger partial charge is 0.338 e. The second kappa shape index (κ2) is 10.5. The van der Waals surface area contributed by atoms with Crippen LogP contribution in [0.25, 0.3) is 0 Å². The van der Waals surface area contributed by atoms with Gasteiger partial charge in [-0.3, -0.25) is 4.79 Å². The van der Waals surface area contributed by atoms with Crippen molar-refractivity contribution in [2.75, 3.05) is 25.6 Å². The van der Waals surface area contributed by atoms with Crippen LogP contribution in [0.15, 0.2) is 53.7 Å². The van der Waals surface area contributed by atoms with E-state index in [0.29, 0.717) is 34.0 Å². The van der Waals surface area contributed by atoms with Crippen molar-refractivity contribution in [1.82, 2.24) is 10.6 Å². The van der Waals surface area contributed by atoms with Gasteiger partial charge in [-0.25, -0.2) is 9.59 Å². The summed E-state index contributed by atoms with van der Waals surface area (Å²) in [6, 6.07) is 11.2. The second-order valence-corrected chi connectivity index (χ2v) is 7.40. The third-order valence-corrected chi connectivity index (χ3v) is 4.98. The SMILES string of the molecule is CCOC(=O)C1=C(C)NC(=O)NC1c1ccc(OCC(=O)Nc2ccc(C)cc2)c(OC)c1. The predicted octanol–water partition coefficient (Wildman–Crippen LogP) is 3.21. The van der Waals surface area contributed by atoms with Crippen LogP contribution in [0.2, 0.25) is 0 Å². The van der Waals surface area contributed by atoms with Gasteiger partial charge in [0, 0.05) is 11.4 Å². The van der Waals surface area contributed by atoms with Crippen molar-refractivity contribution in [3.63, 3.8) is 0 Å². The Morgan fingerprint density at radius 1 is 1.06 bits per heavy atom. The summed E-state index contributed by atoms with van der Waals surface area (Å²) in [5.41, 5.74) is 3.07. The van der Waals surface area contributed by atoms with Crippen LogP contribution in [0.3, 0.4) is 0 Å². The standard InChI is InChI=1S/C24H27N3O6/c1-5-32-23(29)21-15(3)25-24(30)27-22(21)16-8-11-18(19(12-16)31-4)33-13-20(28)26-17-9-6-14(2)7-10-17/h6-12,22H,5,13H2,1-4H3,(H,26,28)(H2,25,27,30). The highest BCUT2D eigenvalue weighted by Crippen LogP contribution is 2.34. The van der Waals surface area contributed by atoms with E-state index in [-0.39, 0.29) is 19.1 Å². The quantitative estimate of drug-likeness (QED) is 0.529. The lowest BCUT2D eigenvalue weighted by atomic mass is 9.95. The first-order valence-corrected chi connectivity index (χ1v) is 10.4. The maximum Gasteiger partial charge on any atom is 0.338 e. The molecule has 0 spiro atoms. The molecule has 0 aliphatic carbocycles. The summed E-state index contributed by atoms with van der Waals surface area (Å²) in [7, 11) is 1.46. The molecule has 0 bridgehead atoms. The highest BCUT2D eigenvalue weighted by Gasteiger charge is 2.32. The lowest BCUT2D eigenvalue weighted by Crippen LogP contribution is -2.45. The molecule has 2 aromatic carbocycles. The molecule has 1 aliphatic rings. The molecule has 1 aliphatic heterocycles. The molecule has 9 heteroatoms. The van der Waals surface area contributed by atoms with E-state index in [2.05, 4.69) is 16.0 Å². The Balaban J connectivity index is 1.76. The number of carbonyl (C=O) groups is 3. The fraction of sp³-hybridized carbons (Fsp3) is 0.292. The van der Waals surface area contributed by atoms with Crippen molar-refractivity contribution in [2.24, 2.45) is 0 Å². The number of hydrogen-bond acceptors (Lipinski definition) is 6. The van der Waals surface area contributed by atoms with Gasteiger partial charge in [0.05, 0.1) is 25.3 Å². The normalized spacial score (nSPS) is 15.3. The molecule has 0 saturated carbocycles. The summed E-state index contributed by atoms with van der Waals surface area (Å²) in [6.07, 6.45) is 0. The van der Waals surface area contributed by atoms with Gasteiger partial charge in [0.2, 0.25) is 0 Å². The summed E-state index contributed by atoms with van der Waals surface area (Å²) in [5.74, 6) is -0.151. The number of rotatable bonds is 8. The summed E-state index contributed by atoms with van der Waals surface area (Å²) in [5, 5.41) is 8.09. The van der Waals surface area contributed by atoms with Crippen molar-refractivity contribution in [3.8, 4) is 11.5 Å². The van der Waals surface area contributed by atoms with Crippen LogP contribution >= 0.6 is 0 Å². The maximum absolute atomic E-state index is 12.5. The summed E-state index contributed by atoms with van der Waals surface area (Å²) >= 11 is 0. The number of methoxy groups -OCH3 is 1. The fourth-order valence-electron chi connectivity index (χ4n) is 3.38. The molecule has 1 unspecified atom stereocenters. The molecular weight excluding hydrogens is 426 g/mol. The molecule has 1 atom stereocenters. The summed E-state index contributed by atoms with van der Waals surface area (Å²) < 4.78 is 16.2. The van der Waals surface area contributed by atoms with E-state index in [0.717, 1.165) is 5.56 Å². The van der Waals surface area contributed by atoms with E-state index >= 15 is 0 Å². The number of carbonyl (C=O) groups excluding carboxylic acids is 3. The van der Waals surface area contributed by atoms with E-state index in [1.54, 1.807) is 32.0 Å². The first-order valence-electron chi connectivity index (χ1n) is 10.4. The average molecular weight is 453 g/mol. The largest absolute Gasteiger partial charge is 0.493 e. The zero-order chi connectivity index (χ0) is 24.0. The predicted molar refractivity (Wildman–Crippen MR) is 122 cm³/mol. The van der Waals surface area contributed by atoms with Gasteiger partial charge >= 0.3 is 12.0 Å². The minimum atomic E-state index is -0.731. The van der Waals surface area contributed by atoms with Crippen LogP contribution in [0, 0.1) is 6.92 Å². The van der Waals surface area contributed by atoms with Gasteiger partial charge in [-0.1, -0.05) is 23.8 Å². The van der Waals surface area contributed by atoms with Crippen molar-refractivity contribution in [2.45, 2.75) is 26.8 Å². The molecular formula is C24H27N3O6. The Morgan fingerprint density at radius 3 is 2.45 bits per heavy atom. The molecule has 0 aromatic heterocycles. The van der Waals surface area contributed by atoms with Crippen LogP contribution in [0.4, 0.5) is 10.5 Å². The van der Waals surface area contributed by atoms with Crippen LogP contribution < -0.4 is 25.4 Å². The van der Waals surface area contributed by atoms with Gasteiger partial charge in [0.1, 0.15) is 0 Å². The highest BCUT2D eigenvalue weighted by atomic mass is 16.5. The molecule has 3 N–H and O–H groups in total. The van der Waals surface area contributed by atoms with Crippen molar-refractivity contribution in [1.29, 1.82) is 0 Å². The Morgan fingerprint density at radius 2 is 1.79 bits per heavy atom. The first kappa shape index (κ1) is 23.6. The Bertz CT molecular complexity index is 1080. The molecule has 0 radical (unpaired) electrons. The molecule has 0 fully saturated rings. The fourth-order valence-corrected chi connectivity index (χ4v) is 3.38. The monoisotopic (exact) mass is 453 g/mol. The number of urea groups is 1. The zero-order valence-corrected chi connectivity index (χ0v) is 19.0. The van der Waals surface area contributed by atoms with E-state index in [9.17, 15) is 14.4 Å². The van der Waals surface area contributed by atoms with E-state index in [4.69, 9.17) is 14.2 Å². The molecule has 2 aromatic rings. The van der Waals surface area contributed by atoms with Crippen molar-refractivity contribution in [3.05, 3.63) is 64.9 Å². The minimum absolute atomic E-state index is 0.205. The number of hydrogen-bond donors (Lipinski definition) is 3. The number of amides is 3. The lowest BCUT2D eigenvalue weighted by Gasteiger charge is -2.28. The number of allylic oxidation sites excluding steroid dienone is 1. The van der Waals surface area contributed by atoms with Gasteiger partial charge in [-0.2, -0.15) is 0 Å². The van der Waals surface area contributed by atoms with Gasteiger partial charge in [-0.05, 0) is 50.6 Å². The van der Waals surface area contributed by atoms with E-state index < -0.39 is 18.0 Å². The van der Waals surface area contributed by atoms with Gasteiger partial charge in [-0.15, -0.1) is 0 Å². The Hall–Kier alpha value is -4.01. The van der Waals surface area contributed by atoms with Gasteiger partial charge in [0.15, 0.2) is 18.1 Å². The zero-order valence-electron chi connectivity index (χ0n) is 19.0. The van der Waals surface area contributed by atoms with Crippen molar-refractivity contribution < 1.29 is 28.6 Å². The minimum Gasteiger partial charge on any atom is -0.493 e. The van der Waals surface area contributed by atoms with Gasteiger partial charge < -0.3 is 30.2 Å². The molecule has 3 amide bonds. The Kier molecular flexibility index (Phi) is 7.55. The average Bonchev–Trinajstić information content (AvgIpc) is 2.78. The number of esters is 1. The third-order valence-electron chi connectivity index (χ3n) is 4.98. The summed E-state index contributed by atoms with van der Waals surface area (Å²) in [6.45, 7) is 5.30. The topological polar surface area (TPSA) is 115 Å². The van der Waals surface area contributed by atoms with Gasteiger partial charge in [0.25, 0.3) is 5.91 Å². The number of ether oxygens (including phenoxy) is 3. The van der Waals surface area contributed by atoms with E-state index in [1.807, 2.05) is 31.2 Å². The molecule has 0 saturated heterocycles. The highest BCUT2D eigenvalue weighted by molar-refractivity contribution is 5.95. The molecule has 33 heavy (non-hydrogen) atoms. The van der Waals surface area contributed by atoms with Crippen LogP contribution in [0.5, 0.6) is 11.5 Å². The van der Waals surface area contributed by atoms with Crippen LogP contribution in [0.1, 0.15) is 31.0 Å². The number of benzene rings is 2. The Labute approximate surface area is 192 Å². The summed E-state index contributed by atoms with van der Waals surface area (Å²) in [4.78, 5) is 36.8. The molecule has 174 valence electrons. The molecule has 9 nitrogen and oxygen atoms in total. The molecule has 1 heterocycles. The van der Waals surface area contributed by atoms with Crippen molar-refractivity contribution >= 4 is 23.6 Å². The maximum atomic E-state index is 12.5. The second-order valence-electron chi connectivity index (χ2n) is 7.40.